The second kappa shape index (κ2) is 10.3. The van der Waals surface area contributed by atoms with Crippen LogP contribution in [-0.4, -0.2) is 37.0 Å². The highest BCUT2D eigenvalue weighted by atomic mass is 16.1. The Morgan fingerprint density at radius 1 is 1.00 bits per heavy atom. The van der Waals surface area contributed by atoms with Crippen molar-refractivity contribution >= 4 is 17.7 Å². The lowest BCUT2D eigenvalue weighted by Gasteiger charge is -2.12. The average Bonchev–Trinajstić information content (AvgIpc) is 2.61. The number of anilines is 1. The number of amides is 1. The predicted molar refractivity (Wildman–Crippen MR) is 111 cm³/mol. The molecule has 27 heavy (non-hydrogen) atoms. The zero-order chi connectivity index (χ0) is 19.6. The van der Waals surface area contributed by atoms with Gasteiger partial charge in [0.15, 0.2) is 5.96 Å². The zero-order valence-corrected chi connectivity index (χ0v) is 16.6. The van der Waals surface area contributed by atoms with Gasteiger partial charge in [-0.15, -0.1) is 0 Å². The molecule has 1 heterocycles. The van der Waals surface area contributed by atoms with Crippen molar-refractivity contribution in [3.8, 4) is 0 Å². The lowest BCUT2D eigenvalue weighted by Crippen LogP contribution is -2.39. The fraction of sp³-hybridized carbons (Fsp3) is 0.381. The lowest BCUT2D eigenvalue weighted by molar-refractivity contribution is -0.116. The third-order valence-electron chi connectivity index (χ3n) is 4.03. The largest absolute Gasteiger partial charge is 0.356 e. The molecule has 0 aliphatic carbocycles. The Kier molecular flexibility index (Phi) is 7.79. The summed E-state index contributed by atoms with van der Waals surface area (Å²) in [4.78, 5) is 20.3. The number of aliphatic imine (C=N–C) groups is 1. The second-order valence-corrected chi connectivity index (χ2v) is 6.69. The van der Waals surface area contributed by atoms with Crippen LogP contribution in [0.3, 0.4) is 0 Å². The van der Waals surface area contributed by atoms with Crippen molar-refractivity contribution in [3.63, 3.8) is 0 Å². The number of hydrogen-bond acceptors (Lipinski definition) is 3. The van der Waals surface area contributed by atoms with Crippen molar-refractivity contribution in [3.05, 3.63) is 58.8 Å². The predicted octanol–water partition coefficient (Wildman–Crippen LogP) is 2.74. The minimum atomic E-state index is -0.0791. The molecule has 0 atom stereocenters. The molecule has 0 bridgehead atoms. The molecule has 3 N–H and O–H groups in total. The molecule has 0 spiro atoms. The van der Waals surface area contributed by atoms with Crippen molar-refractivity contribution in [1.29, 1.82) is 0 Å². The molecule has 0 unspecified atom stereocenters. The van der Waals surface area contributed by atoms with E-state index in [1.54, 1.807) is 19.3 Å². The number of guanidine groups is 1. The number of aryl methyl sites for hydroxylation is 3. The lowest BCUT2D eigenvalue weighted by atomic mass is 10.1. The molecule has 0 radical (unpaired) electrons. The molecule has 1 amide bonds. The van der Waals surface area contributed by atoms with Gasteiger partial charge in [0.2, 0.25) is 5.91 Å². The van der Waals surface area contributed by atoms with E-state index in [2.05, 4.69) is 58.0 Å². The van der Waals surface area contributed by atoms with E-state index < -0.39 is 0 Å². The van der Waals surface area contributed by atoms with Gasteiger partial charge in [-0.25, -0.2) is 4.98 Å². The van der Waals surface area contributed by atoms with Gasteiger partial charge in [-0.1, -0.05) is 35.4 Å². The quantitative estimate of drug-likeness (QED) is 0.519. The van der Waals surface area contributed by atoms with Crippen LogP contribution in [0.5, 0.6) is 0 Å². The van der Waals surface area contributed by atoms with Gasteiger partial charge in [-0.2, -0.15) is 0 Å². The number of carbonyl (C=O) groups is 1. The summed E-state index contributed by atoms with van der Waals surface area (Å²) in [6.07, 6.45) is 2.99. The number of aromatic nitrogens is 1. The summed E-state index contributed by atoms with van der Waals surface area (Å²) in [5, 5.41) is 9.23. The highest BCUT2D eigenvalue weighted by molar-refractivity contribution is 5.90. The maximum atomic E-state index is 12.0. The first kappa shape index (κ1) is 20.4. The summed E-state index contributed by atoms with van der Waals surface area (Å²) in [6, 6.07) is 10.3. The van der Waals surface area contributed by atoms with E-state index in [1.165, 1.54) is 16.7 Å². The molecule has 6 heteroatoms. The van der Waals surface area contributed by atoms with Gasteiger partial charge in [-0.3, -0.25) is 9.79 Å². The van der Waals surface area contributed by atoms with E-state index in [-0.39, 0.29) is 5.91 Å². The van der Waals surface area contributed by atoms with Gasteiger partial charge in [-0.05, 0) is 44.4 Å². The van der Waals surface area contributed by atoms with Crippen LogP contribution >= 0.6 is 0 Å². The molecule has 1 aromatic heterocycles. The number of nitrogens with zero attached hydrogens (tertiary/aromatic N) is 2. The molecule has 2 rings (SSSR count). The standard InChI is InChI=1S/C21H29N5O/c1-15-5-6-19(25-14-15)26-20(27)8-10-24-21(22-4)23-9-7-18-12-16(2)11-17(3)13-18/h5-6,11-14H,7-10H2,1-4H3,(H2,22,23,24)(H,25,26,27). The molecule has 0 saturated carbocycles. The molecule has 144 valence electrons. The third-order valence-corrected chi connectivity index (χ3v) is 4.03. The van der Waals surface area contributed by atoms with E-state index in [1.807, 2.05) is 13.0 Å². The van der Waals surface area contributed by atoms with Crippen molar-refractivity contribution in [2.24, 2.45) is 4.99 Å². The van der Waals surface area contributed by atoms with Crippen molar-refractivity contribution in [1.82, 2.24) is 15.6 Å². The van der Waals surface area contributed by atoms with Crippen LogP contribution in [0.4, 0.5) is 5.82 Å². The van der Waals surface area contributed by atoms with Crippen LogP contribution in [0.25, 0.3) is 0 Å². The zero-order valence-electron chi connectivity index (χ0n) is 16.6. The molecule has 0 saturated heterocycles. The normalized spacial score (nSPS) is 11.2. The summed E-state index contributed by atoms with van der Waals surface area (Å²) in [6.45, 7) is 7.47. The number of pyridine rings is 1. The van der Waals surface area contributed by atoms with Gasteiger partial charge in [0.05, 0.1) is 0 Å². The molecule has 2 aromatic rings. The molecular formula is C21H29N5O. The number of nitrogens with one attached hydrogen (secondary N) is 3. The van der Waals surface area contributed by atoms with E-state index in [4.69, 9.17) is 0 Å². The van der Waals surface area contributed by atoms with E-state index in [0.29, 0.717) is 24.7 Å². The fourth-order valence-electron chi connectivity index (χ4n) is 2.80. The van der Waals surface area contributed by atoms with Crippen LogP contribution < -0.4 is 16.0 Å². The van der Waals surface area contributed by atoms with Crippen molar-refractivity contribution in [2.75, 3.05) is 25.5 Å². The number of rotatable bonds is 7. The summed E-state index contributed by atoms with van der Waals surface area (Å²) in [7, 11) is 1.72. The first-order valence-corrected chi connectivity index (χ1v) is 9.20. The van der Waals surface area contributed by atoms with Crippen molar-refractivity contribution < 1.29 is 4.79 Å². The Balaban J connectivity index is 1.69. The highest BCUT2D eigenvalue weighted by Crippen LogP contribution is 2.09. The first-order valence-electron chi connectivity index (χ1n) is 9.20. The minimum Gasteiger partial charge on any atom is -0.356 e. The molecule has 0 aliphatic heterocycles. The van der Waals surface area contributed by atoms with E-state index in [0.717, 1.165) is 18.5 Å². The van der Waals surface area contributed by atoms with Gasteiger partial charge in [0.1, 0.15) is 5.82 Å². The van der Waals surface area contributed by atoms with Crippen LogP contribution in [0.1, 0.15) is 28.7 Å². The first-order chi connectivity index (χ1) is 13.0. The SMILES string of the molecule is CN=C(NCCC(=O)Nc1ccc(C)cn1)NCCc1cc(C)cc(C)c1. The Bertz CT molecular complexity index is 763. The van der Waals surface area contributed by atoms with Crippen LogP contribution in [0.2, 0.25) is 0 Å². The summed E-state index contributed by atoms with van der Waals surface area (Å²) < 4.78 is 0. The molecule has 0 aliphatic rings. The Morgan fingerprint density at radius 3 is 2.33 bits per heavy atom. The molecule has 0 fully saturated rings. The maximum absolute atomic E-state index is 12.0. The summed E-state index contributed by atoms with van der Waals surface area (Å²) >= 11 is 0. The number of benzene rings is 1. The monoisotopic (exact) mass is 367 g/mol. The summed E-state index contributed by atoms with van der Waals surface area (Å²) in [5.41, 5.74) is 4.92. The Hall–Kier alpha value is -2.89. The van der Waals surface area contributed by atoms with Crippen molar-refractivity contribution in [2.45, 2.75) is 33.6 Å². The second-order valence-electron chi connectivity index (χ2n) is 6.69. The van der Waals surface area contributed by atoms with Gasteiger partial charge in [0.25, 0.3) is 0 Å². The van der Waals surface area contributed by atoms with Gasteiger partial charge in [0, 0.05) is 32.8 Å². The molecule has 1 aromatic carbocycles. The smallest absolute Gasteiger partial charge is 0.227 e. The third kappa shape index (κ3) is 7.48. The average molecular weight is 367 g/mol. The Morgan fingerprint density at radius 2 is 1.70 bits per heavy atom. The summed E-state index contributed by atoms with van der Waals surface area (Å²) in [5.74, 6) is 1.19. The van der Waals surface area contributed by atoms with Crippen LogP contribution in [0, 0.1) is 20.8 Å². The maximum Gasteiger partial charge on any atom is 0.227 e. The number of hydrogen-bond donors (Lipinski definition) is 3. The van der Waals surface area contributed by atoms with Crippen LogP contribution in [-0.2, 0) is 11.2 Å². The van der Waals surface area contributed by atoms with Gasteiger partial charge >= 0.3 is 0 Å². The van der Waals surface area contributed by atoms with E-state index >= 15 is 0 Å². The fourth-order valence-corrected chi connectivity index (χ4v) is 2.80. The highest BCUT2D eigenvalue weighted by Gasteiger charge is 2.04. The molecule has 6 nitrogen and oxygen atoms in total. The minimum absolute atomic E-state index is 0.0791. The topological polar surface area (TPSA) is 78.4 Å². The van der Waals surface area contributed by atoms with Crippen LogP contribution in [0.15, 0.2) is 41.5 Å². The Labute approximate surface area is 161 Å². The number of carbonyl (C=O) groups excluding carboxylic acids is 1. The molecular weight excluding hydrogens is 338 g/mol. The van der Waals surface area contributed by atoms with Gasteiger partial charge < -0.3 is 16.0 Å². The van der Waals surface area contributed by atoms with E-state index in [9.17, 15) is 4.79 Å².